The number of halogens is 1. The zero-order valence-corrected chi connectivity index (χ0v) is 13.9. The lowest BCUT2D eigenvalue weighted by Gasteiger charge is -2.06. The maximum absolute atomic E-state index is 13.7. The molecule has 0 unspecified atom stereocenters. The van der Waals surface area contributed by atoms with Crippen molar-refractivity contribution >= 4 is 17.5 Å². The smallest absolute Gasteiger partial charge is 0.214 e. The van der Waals surface area contributed by atoms with E-state index < -0.39 is 5.82 Å². The van der Waals surface area contributed by atoms with Crippen LogP contribution in [0.4, 0.5) is 4.39 Å². The molecule has 3 aromatic rings. The number of aromatic hydroxyl groups is 1. The van der Waals surface area contributed by atoms with Gasteiger partial charge in [0.05, 0.1) is 18.6 Å². The van der Waals surface area contributed by atoms with E-state index in [4.69, 9.17) is 4.74 Å². The Hall–Kier alpha value is -2.94. The minimum Gasteiger partial charge on any atom is -0.508 e. The third kappa shape index (κ3) is 3.77. The van der Waals surface area contributed by atoms with Crippen LogP contribution in [0.5, 0.6) is 11.5 Å². The topological polar surface area (TPSA) is 90.1 Å². The van der Waals surface area contributed by atoms with Gasteiger partial charge in [-0.1, -0.05) is 11.8 Å². The maximum atomic E-state index is 13.7. The van der Waals surface area contributed by atoms with Gasteiger partial charge in [0.1, 0.15) is 5.75 Å². The molecule has 1 aromatic heterocycles. The first-order valence-corrected chi connectivity index (χ1v) is 8.14. The van der Waals surface area contributed by atoms with E-state index in [0.29, 0.717) is 10.8 Å². The Balaban J connectivity index is 1.72. The number of hydrogen-bond acceptors (Lipinski definition) is 7. The first-order chi connectivity index (χ1) is 12.1. The van der Waals surface area contributed by atoms with Crippen LogP contribution in [0, 0.1) is 5.82 Å². The zero-order chi connectivity index (χ0) is 17.8. The summed E-state index contributed by atoms with van der Waals surface area (Å²) in [4.78, 5) is 12.2. The highest BCUT2D eigenvalue weighted by Gasteiger charge is 2.14. The lowest BCUT2D eigenvalue weighted by Crippen LogP contribution is -2.05. The Morgan fingerprint density at radius 1 is 1.28 bits per heavy atom. The second-order valence-corrected chi connectivity index (χ2v) is 5.89. The van der Waals surface area contributed by atoms with Crippen LogP contribution in [0.2, 0.25) is 0 Å². The van der Waals surface area contributed by atoms with Gasteiger partial charge in [-0.25, -0.2) is 4.39 Å². The molecule has 0 atom stereocenters. The van der Waals surface area contributed by atoms with Crippen molar-refractivity contribution in [3.63, 3.8) is 0 Å². The van der Waals surface area contributed by atoms with Crippen LogP contribution in [0.1, 0.15) is 10.4 Å². The summed E-state index contributed by atoms with van der Waals surface area (Å²) < 4.78 is 20.0. The molecule has 0 fully saturated rings. The molecule has 128 valence electrons. The Bertz CT molecular complexity index is 899. The van der Waals surface area contributed by atoms with Crippen molar-refractivity contribution in [2.75, 3.05) is 12.9 Å². The third-order valence-electron chi connectivity index (χ3n) is 3.34. The highest BCUT2D eigenvalue weighted by atomic mass is 32.2. The normalized spacial score (nSPS) is 10.6. The van der Waals surface area contributed by atoms with Crippen molar-refractivity contribution in [1.82, 2.24) is 20.2 Å². The van der Waals surface area contributed by atoms with Crippen molar-refractivity contribution in [3.8, 4) is 17.2 Å². The fourth-order valence-electron chi connectivity index (χ4n) is 2.08. The third-order valence-corrected chi connectivity index (χ3v) is 4.26. The van der Waals surface area contributed by atoms with E-state index in [1.165, 1.54) is 36.1 Å². The number of rotatable bonds is 6. The quantitative estimate of drug-likeness (QED) is 0.533. The van der Waals surface area contributed by atoms with Crippen molar-refractivity contribution in [2.45, 2.75) is 5.16 Å². The van der Waals surface area contributed by atoms with E-state index in [0.717, 1.165) is 17.8 Å². The van der Waals surface area contributed by atoms with Gasteiger partial charge in [-0.15, -0.1) is 5.10 Å². The Kier molecular flexibility index (Phi) is 4.94. The largest absolute Gasteiger partial charge is 0.508 e. The SMILES string of the molecule is COc1ccc(C(=O)CSc2nnnn2-c2ccc(O)cc2)cc1F. The zero-order valence-electron chi connectivity index (χ0n) is 13.1. The van der Waals surface area contributed by atoms with Crippen molar-refractivity contribution in [1.29, 1.82) is 0 Å². The van der Waals surface area contributed by atoms with Gasteiger partial charge >= 0.3 is 0 Å². The highest BCUT2D eigenvalue weighted by Crippen LogP contribution is 2.22. The van der Waals surface area contributed by atoms with Crippen LogP contribution in [0.15, 0.2) is 47.6 Å². The number of ketones is 1. The lowest BCUT2D eigenvalue weighted by atomic mass is 10.1. The summed E-state index contributed by atoms with van der Waals surface area (Å²) in [7, 11) is 1.36. The molecule has 0 radical (unpaired) electrons. The molecule has 25 heavy (non-hydrogen) atoms. The number of phenols is 1. The van der Waals surface area contributed by atoms with Crippen LogP contribution in [-0.4, -0.2) is 44.0 Å². The summed E-state index contributed by atoms with van der Waals surface area (Å²) >= 11 is 1.13. The summed E-state index contributed by atoms with van der Waals surface area (Å²) in [6.45, 7) is 0. The molecule has 0 saturated heterocycles. The average Bonchev–Trinajstić information content (AvgIpc) is 3.08. The number of nitrogens with zero attached hydrogens (tertiary/aromatic N) is 4. The van der Waals surface area contributed by atoms with Crippen LogP contribution < -0.4 is 4.74 Å². The molecule has 0 aliphatic carbocycles. The fraction of sp³-hybridized carbons (Fsp3) is 0.125. The number of carbonyl (C=O) groups is 1. The van der Waals surface area contributed by atoms with Gasteiger partial charge in [0, 0.05) is 5.56 Å². The highest BCUT2D eigenvalue weighted by molar-refractivity contribution is 7.99. The molecule has 1 N–H and O–H groups in total. The molecule has 0 amide bonds. The predicted octanol–water partition coefficient (Wildman–Crippen LogP) is 2.49. The number of ether oxygens (including phenoxy) is 1. The number of tetrazole rings is 1. The number of aromatic nitrogens is 4. The van der Waals surface area contributed by atoms with E-state index in [-0.39, 0.29) is 28.6 Å². The van der Waals surface area contributed by atoms with Crippen LogP contribution in [0.25, 0.3) is 5.69 Å². The summed E-state index contributed by atoms with van der Waals surface area (Å²) in [6.07, 6.45) is 0. The van der Waals surface area contributed by atoms with Crippen LogP contribution >= 0.6 is 11.8 Å². The van der Waals surface area contributed by atoms with Gasteiger partial charge in [-0.3, -0.25) is 4.79 Å². The summed E-state index contributed by atoms with van der Waals surface area (Å²) in [5, 5.41) is 21.1. The first-order valence-electron chi connectivity index (χ1n) is 7.16. The molecule has 2 aromatic carbocycles. The van der Waals surface area contributed by atoms with E-state index in [9.17, 15) is 14.3 Å². The van der Waals surface area contributed by atoms with Crippen molar-refractivity contribution < 1.29 is 19.0 Å². The van der Waals surface area contributed by atoms with Crippen LogP contribution in [0.3, 0.4) is 0 Å². The van der Waals surface area contributed by atoms with E-state index >= 15 is 0 Å². The number of carbonyl (C=O) groups excluding carboxylic acids is 1. The second-order valence-electron chi connectivity index (χ2n) is 4.95. The molecular weight excluding hydrogens is 347 g/mol. The molecule has 1 heterocycles. The molecule has 0 aliphatic heterocycles. The van der Waals surface area contributed by atoms with Gasteiger partial charge in [0.25, 0.3) is 0 Å². The molecular formula is C16H13FN4O3S. The van der Waals surface area contributed by atoms with Gasteiger partial charge in [0.15, 0.2) is 17.3 Å². The van der Waals surface area contributed by atoms with Crippen LogP contribution in [-0.2, 0) is 0 Å². The van der Waals surface area contributed by atoms with E-state index in [1.807, 2.05) is 0 Å². The second kappa shape index (κ2) is 7.31. The predicted molar refractivity (Wildman–Crippen MR) is 88.8 cm³/mol. The van der Waals surface area contributed by atoms with Gasteiger partial charge in [0.2, 0.25) is 5.16 Å². The van der Waals surface area contributed by atoms with Crippen molar-refractivity contribution in [2.24, 2.45) is 0 Å². The van der Waals surface area contributed by atoms with E-state index in [2.05, 4.69) is 15.5 Å². The minimum atomic E-state index is -0.590. The van der Waals surface area contributed by atoms with Crippen molar-refractivity contribution in [3.05, 3.63) is 53.8 Å². The van der Waals surface area contributed by atoms with Gasteiger partial charge < -0.3 is 9.84 Å². The summed E-state index contributed by atoms with van der Waals surface area (Å²) in [5.74, 6) is -0.591. The number of benzene rings is 2. The molecule has 7 nitrogen and oxygen atoms in total. The molecule has 3 rings (SSSR count). The van der Waals surface area contributed by atoms with Gasteiger partial charge in [-0.2, -0.15) is 4.68 Å². The number of methoxy groups -OCH3 is 1. The maximum Gasteiger partial charge on any atom is 0.214 e. The Morgan fingerprint density at radius 2 is 2.04 bits per heavy atom. The lowest BCUT2D eigenvalue weighted by molar-refractivity contribution is 0.102. The minimum absolute atomic E-state index is 0.0459. The average molecular weight is 360 g/mol. The van der Waals surface area contributed by atoms with E-state index in [1.54, 1.807) is 12.1 Å². The molecule has 0 aliphatic rings. The summed E-state index contributed by atoms with van der Waals surface area (Å²) in [6, 6.07) is 10.4. The molecule has 0 spiro atoms. The number of thioether (sulfide) groups is 1. The standard InChI is InChI=1S/C16H13FN4O3S/c1-24-15-7-2-10(8-13(15)17)14(23)9-25-16-18-19-20-21(16)11-3-5-12(22)6-4-11/h2-8,22H,9H2,1H3. The fourth-order valence-corrected chi connectivity index (χ4v) is 2.86. The summed E-state index contributed by atoms with van der Waals surface area (Å²) in [5.41, 5.74) is 0.891. The Labute approximate surface area is 146 Å². The van der Waals surface area contributed by atoms with Gasteiger partial charge in [-0.05, 0) is 52.9 Å². The molecule has 0 saturated carbocycles. The number of Topliss-reactive ketones (excluding diaryl/α,β-unsaturated/α-hetero) is 1. The molecule has 0 bridgehead atoms. The Morgan fingerprint density at radius 3 is 2.72 bits per heavy atom. The number of phenolic OH excluding ortho intramolecular Hbond substituents is 1. The monoisotopic (exact) mass is 360 g/mol. The number of hydrogen-bond donors (Lipinski definition) is 1. The molecule has 9 heteroatoms. The first kappa shape index (κ1) is 16.9.